The molecule has 0 unspecified atom stereocenters. The summed E-state index contributed by atoms with van der Waals surface area (Å²) in [4.78, 5) is 24.8. The third-order valence-corrected chi connectivity index (χ3v) is 4.93. The zero-order valence-corrected chi connectivity index (χ0v) is 16.5. The molecule has 3 aromatic carbocycles. The zero-order valence-electron chi connectivity index (χ0n) is 15.7. The highest BCUT2D eigenvalue weighted by Crippen LogP contribution is 2.23. The van der Waals surface area contributed by atoms with Crippen LogP contribution in [0.15, 0.2) is 82.0 Å². The van der Waals surface area contributed by atoms with Crippen LogP contribution in [0.2, 0.25) is 5.02 Å². The molecule has 0 aliphatic carbocycles. The first kappa shape index (κ1) is 19.0. The number of hydrogen-bond acceptors (Lipinski definition) is 3. The number of hydrogen-bond donors (Lipinski definition) is 1. The summed E-state index contributed by atoms with van der Waals surface area (Å²) in [6.07, 6.45) is 0. The molecule has 0 aliphatic rings. The van der Waals surface area contributed by atoms with Gasteiger partial charge in [0, 0.05) is 28.8 Å². The lowest BCUT2D eigenvalue weighted by Gasteiger charge is -2.07. The van der Waals surface area contributed by atoms with Crippen LogP contribution in [0.3, 0.4) is 0 Å². The predicted octanol–water partition coefficient (Wildman–Crippen LogP) is 5.35. The maximum atomic E-state index is 12.4. The van der Waals surface area contributed by atoms with Crippen LogP contribution in [-0.4, -0.2) is 5.91 Å². The third kappa shape index (κ3) is 4.23. The zero-order chi connectivity index (χ0) is 20.4. The van der Waals surface area contributed by atoms with Crippen molar-refractivity contribution in [2.24, 2.45) is 0 Å². The number of halogens is 1. The fourth-order valence-electron chi connectivity index (χ4n) is 3.08. The highest BCUT2D eigenvalue weighted by molar-refractivity contribution is 6.30. The Kier molecular flexibility index (Phi) is 5.19. The molecule has 1 N–H and O–H groups in total. The van der Waals surface area contributed by atoms with Crippen molar-refractivity contribution in [1.82, 2.24) is 5.32 Å². The molecule has 0 bridgehead atoms. The molecule has 1 heterocycles. The summed E-state index contributed by atoms with van der Waals surface area (Å²) < 4.78 is 5.89. The average Bonchev–Trinajstić information content (AvgIpc) is 2.73. The maximum absolute atomic E-state index is 12.4. The van der Waals surface area contributed by atoms with Crippen molar-refractivity contribution in [2.75, 3.05) is 0 Å². The Bertz CT molecular complexity index is 1240. The standard InChI is InChI=1S/C24H18ClNO3/c1-15-2-11-22-20(12-15)21(27)13-23(29-22)17-5-7-18(8-6-17)24(28)26-14-16-3-9-19(25)10-4-16/h2-13H,14H2,1H3,(H,26,28). The Labute approximate surface area is 172 Å². The highest BCUT2D eigenvalue weighted by atomic mass is 35.5. The maximum Gasteiger partial charge on any atom is 0.251 e. The monoisotopic (exact) mass is 403 g/mol. The van der Waals surface area contributed by atoms with Crippen LogP contribution < -0.4 is 10.7 Å². The van der Waals surface area contributed by atoms with Gasteiger partial charge in [-0.05, 0) is 48.9 Å². The van der Waals surface area contributed by atoms with E-state index in [1.54, 1.807) is 42.5 Å². The number of fused-ring (bicyclic) bond motifs is 1. The fourth-order valence-corrected chi connectivity index (χ4v) is 3.21. The van der Waals surface area contributed by atoms with E-state index in [2.05, 4.69) is 5.32 Å². The lowest BCUT2D eigenvalue weighted by molar-refractivity contribution is 0.0951. The van der Waals surface area contributed by atoms with E-state index in [0.717, 1.165) is 16.7 Å². The van der Waals surface area contributed by atoms with Crippen LogP contribution in [0.5, 0.6) is 0 Å². The summed E-state index contributed by atoms with van der Waals surface area (Å²) in [6.45, 7) is 2.35. The Morgan fingerprint density at radius 3 is 2.41 bits per heavy atom. The topological polar surface area (TPSA) is 59.3 Å². The summed E-state index contributed by atoms with van der Waals surface area (Å²) in [5.41, 5.74) is 3.69. The van der Waals surface area contributed by atoms with E-state index < -0.39 is 0 Å². The number of rotatable bonds is 4. The molecule has 1 amide bonds. The van der Waals surface area contributed by atoms with Crippen LogP contribution in [0.1, 0.15) is 21.5 Å². The van der Waals surface area contributed by atoms with E-state index in [1.165, 1.54) is 6.07 Å². The van der Waals surface area contributed by atoms with E-state index in [1.807, 2.05) is 31.2 Å². The van der Waals surface area contributed by atoms with Crippen molar-refractivity contribution in [3.63, 3.8) is 0 Å². The SMILES string of the molecule is Cc1ccc2oc(-c3ccc(C(=O)NCc4ccc(Cl)cc4)cc3)cc(=O)c2c1. The summed E-state index contributed by atoms with van der Waals surface area (Å²) in [6, 6.07) is 21.3. The van der Waals surface area contributed by atoms with Gasteiger partial charge in [0.1, 0.15) is 11.3 Å². The van der Waals surface area contributed by atoms with Gasteiger partial charge in [-0.1, -0.05) is 47.5 Å². The highest BCUT2D eigenvalue weighted by Gasteiger charge is 2.10. The number of carbonyl (C=O) groups excluding carboxylic acids is 1. The van der Waals surface area contributed by atoms with E-state index in [0.29, 0.717) is 33.9 Å². The molecule has 0 saturated carbocycles. The van der Waals surface area contributed by atoms with Gasteiger partial charge in [0.05, 0.1) is 5.39 Å². The summed E-state index contributed by atoms with van der Waals surface area (Å²) >= 11 is 5.87. The molecule has 0 spiro atoms. The molecule has 4 aromatic rings. The minimum atomic E-state index is -0.179. The second kappa shape index (κ2) is 7.94. The largest absolute Gasteiger partial charge is 0.456 e. The summed E-state index contributed by atoms with van der Waals surface area (Å²) in [7, 11) is 0. The lowest BCUT2D eigenvalue weighted by Crippen LogP contribution is -2.22. The number of benzene rings is 3. The van der Waals surface area contributed by atoms with Gasteiger partial charge in [-0.25, -0.2) is 0 Å². The van der Waals surface area contributed by atoms with Crippen molar-refractivity contribution in [1.29, 1.82) is 0 Å². The second-order valence-corrected chi connectivity index (χ2v) is 7.30. The lowest BCUT2D eigenvalue weighted by atomic mass is 10.1. The molecule has 0 atom stereocenters. The van der Waals surface area contributed by atoms with Gasteiger partial charge in [0.2, 0.25) is 0 Å². The van der Waals surface area contributed by atoms with Gasteiger partial charge >= 0.3 is 0 Å². The van der Waals surface area contributed by atoms with E-state index in [-0.39, 0.29) is 11.3 Å². The average molecular weight is 404 g/mol. The van der Waals surface area contributed by atoms with Gasteiger partial charge in [-0.2, -0.15) is 0 Å². The molecule has 0 saturated heterocycles. The molecule has 5 heteroatoms. The van der Waals surface area contributed by atoms with Gasteiger partial charge in [0.15, 0.2) is 5.43 Å². The van der Waals surface area contributed by atoms with Crippen molar-refractivity contribution in [3.05, 3.63) is 105 Å². The van der Waals surface area contributed by atoms with Crippen LogP contribution >= 0.6 is 11.6 Å². The molecule has 144 valence electrons. The van der Waals surface area contributed by atoms with Crippen LogP contribution in [-0.2, 0) is 6.54 Å². The van der Waals surface area contributed by atoms with Gasteiger partial charge in [-0.3, -0.25) is 9.59 Å². The van der Waals surface area contributed by atoms with Gasteiger partial charge in [0.25, 0.3) is 5.91 Å². The molecule has 4 nitrogen and oxygen atoms in total. The second-order valence-electron chi connectivity index (χ2n) is 6.86. The smallest absolute Gasteiger partial charge is 0.251 e. The van der Waals surface area contributed by atoms with Crippen molar-refractivity contribution in [3.8, 4) is 11.3 Å². The van der Waals surface area contributed by atoms with Crippen molar-refractivity contribution in [2.45, 2.75) is 13.5 Å². The number of aryl methyl sites for hydroxylation is 1. The number of carbonyl (C=O) groups is 1. The fraction of sp³-hybridized carbons (Fsp3) is 0.0833. The van der Waals surface area contributed by atoms with Crippen LogP contribution in [0.25, 0.3) is 22.3 Å². The van der Waals surface area contributed by atoms with Crippen LogP contribution in [0.4, 0.5) is 0 Å². The quantitative estimate of drug-likeness (QED) is 0.499. The molecule has 4 rings (SSSR count). The van der Waals surface area contributed by atoms with Crippen LogP contribution in [0, 0.1) is 6.92 Å². The Morgan fingerprint density at radius 1 is 0.966 bits per heavy atom. The summed E-state index contributed by atoms with van der Waals surface area (Å²) in [5, 5.41) is 4.10. The van der Waals surface area contributed by atoms with Gasteiger partial charge < -0.3 is 9.73 Å². The Balaban J connectivity index is 1.52. The molecule has 0 radical (unpaired) electrons. The molecule has 0 fully saturated rings. The van der Waals surface area contributed by atoms with E-state index in [9.17, 15) is 9.59 Å². The first-order chi connectivity index (χ1) is 14.0. The molecular weight excluding hydrogens is 386 g/mol. The van der Waals surface area contributed by atoms with Gasteiger partial charge in [-0.15, -0.1) is 0 Å². The number of amides is 1. The predicted molar refractivity (Wildman–Crippen MR) is 115 cm³/mol. The van der Waals surface area contributed by atoms with E-state index in [4.69, 9.17) is 16.0 Å². The molecular formula is C24H18ClNO3. The molecule has 29 heavy (non-hydrogen) atoms. The van der Waals surface area contributed by atoms with Crippen molar-refractivity contribution < 1.29 is 9.21 Å². The summed E-state index contributed by atoms with van der Waals surface area (Å²) in [5.74, 6) is 0.293. The molecule has 1 aromatic heterocycles. The minimum Gasteiger partial charge on any atom is -0.456 e. The Morgan fingerprint density at radius 2 is 1.69 bits per heavy atom. The number of nitrogens with one attached hydrogen (secondary N) is 1. The van der Waals surface area contributed by atoms with E-state index >= 15 is 0 Å². The normalized spacial score (nSPS) is 10.8. The third-order valence-electron chi connectivity index (χ3n) is 4.68. The van der Waals surface area contributed by atoms with Crippen molar-refractivity contribution >= 4 is 28.5 Å². The Hall–Kier alpha value is -3.37. The first-order valence-electron chi connectivity index (χ1n) is 9.17. The first-order valence-corrected chi connectivity index (χ1v) is 9.55. The molecule has 0 aliphatic heterocycles. The minimum absolute atomic E-state index is 0.0882.